The molecule has 0 aliphatic heterocycles. The molecule has 0 saturated heterocycles. The molecular weight excluding hydrogens is 444 g/mol. The van der Waals surface area contributed by atoms with Gasteiger partial charge in [-0.15, -0.1) is 0 Å². The summed E-state index contributed by atoms with van der Waals surface area (Å²) >= 11 is 0. The van der Waals surface area contributed by atoms with E-state index in [-0.39, 0.29) is 16.7 Å². The second-order valence-corrected chi connectivity index (χ2v) is 8.51. The third-order valence-corrected chi connectivity index (χ3v) is 5.76. The van der Waals surface area contributed by atoms with Crippen molar-refractivity contribution >= 4 is 24.0 Å². The highest BCUT2D eigenvalue weighted by molar-refractivity contribution is 5.92. The van der Waals surface area contributed by atoms with Gasteiger partial charge in [0.25, 0.3) is 0 Å². The maximum Gasteiger partial charge on any atom is 0.332 e. The van der Waals surface area contributed by atoms with Crippen LogP contribution >= 0.6 is 0 Å². The first-order valence-electron chi connectivity index (χ1n) is 11.1. The summed E-state index contributed by atoms with van der Waals surface area (Å²) in [4.78, 5) is 35.8. The first-order chi connectivity index (χ1) is 16.5. The topological polar surface area (TPSA) is 112 Å². The van der Waals surface area contributed by atoms with E-state index in [0.717, 1.165) is 11.1 Å². The maximum absolute atomic E-state index is 12.5. The predicted octanol–water partition coefficient (Wildman–Crippen LogP) is 5.64. The van der Waals surface area contributed by atoms with E-state index in [0.29, 0.717) is 12.8 Å². The van der Waals surface area contributed by atoms with Crippen molar-refractivity contribution in [1.82, 2.24) is 0 Å². The molecule has 0 saturated carbocycles. The SMILES string of the molecule is C=C(C(=O)O)C(C=C(C(=O)O)C(C)(C=Cc1ccccc1)C=C(C)C(=O)O)CCc1ccccc1. The molecular formula is C29H30O6. The highest BCUT2D eigenvalue weighted by Crippen LogP contribution is 2.36. The number of carboxylic acid groups (broad SMARTS) is 3. The lowest BCUT2D eigenvalue weighted by Crippen LogP contribution is -2.24. The number of benzene rings is 2. The zero-order chi connectivity index (χ0) is 26.0. The number of aliphatic carboxylic acids is 3. The van der Waals surface area contributed by atoms with Gasteiger partial charge in [-0.2, -0.15) is 0 Å². The van der Waals surface area contributed by atoms with Crippen LogP contribution in [0.2, 0.25) is 0 Å². The second kappa shape index (κ2) is 12.3. The minimum Gasteiger partial charge on any atom is -0.478 e. The van der Waals surface area contributed by atoms with Crippen molar-refractivity contribution in [3.8, 4) is 0 Å². The van der Waals surface area contributed by atoms with E-state index in [1.54, 1.807) is 19.1 Å². The number of hydrogen-bond acceptors (Lipinski definition) is 3. The highest BCUT2D eigenvalue weighted by Gasteiger charge is 2.32. The normalized spacial score (nSPS) is 14.8. The van der Waals surface area contributed by atoms with Crippen LogP contribution < -0.4 is 0 Å². The van der Waals surface area contributed by atoms with E-state index >= 15 is 0 Å². The first kappa shape index (κ1) is 27.1. The minimum absolute atomic E-state index is 0.0322. The Balaban J connectivity index is 2.59. The molecule has 6 nitrogen and oxygen atoms in total. The maximum atomic E-state index is 12.5. The fraction of sp³-hybridized carbons (Fsp3) is 0.207. The first-order valence-corrected chi connectivity index (χ1v) is 11.1. The van der Waals surface area contributed by atoms with Crippen molar-refractivity contribution in [2.45, 2.75) is 26.7 Å². The zero-order valence-corrected chi connectivity index (χ0v) is 19.8. The summed E-state index contributed by atoms with van der Waals surface area (Å²) in [7, 11) is 0. The standard InChI is InChI=1S/C29H30O6/c1-20(26(30)31)19-29(3,17-16-23-12-8-5-9-13-23)25(28(34)35)18-24(21(2)27(32)33)15-14-22-10-6-4-7-11-22/h4-13,16-19,24H,2,14-15H2,1,3H3,(H,30,31)(H,32,33)(H,34,35). The predicted molar refractivity (Wildman–Crippen MR) is 136 cm³/mol. The summed E-state index contributed by atoms with van der Waals surface area (Å²) in [6.07, 6.45) is 6.93. The summed E-state index contributed by atoms with van der Waals surface area (Å²) in [6, 6.07) is 18.6. The Bertz CT molecular complexity index is 1160. The number of carbonyl (C=O) groups is 3. The molecule has 0 aliphatic rings. The van der Waals surface area contributed by atoms with Crippen LogP contribution in [0.3, 0.4) is 0 Å². The molecule has 0 aromatic heterocycles. The van der Waals surface area contributed by atoms with Crippen LogP contribution in [-0.4, -0.2) is 33.2 Å². The van der Waals surface area contributed by atoms with Gasteiger partial charge >= 0.3 is 17.9 Å². The molecule has 0 heterocycles. The molecule has 2 rings (SSSR count). The molecule has 3 N–H and O–H groups in total. The van der Waals surface area contributed by atoms with Gasteiger partial charge in [-0.1, -0.05) is 91.5 Å². The third-order valence-electron chi connectivity index (χ3n) is 5.76. The average molecular weight is 475 g/mol. The van der Waals surface area contributed by atoms with Gasteiger partial charge in [0.2, 0.25) is 0 Å². The van der Waals surface area contributed by atoms with E-state index < -0.39 is 29.2 Å². The van der Waals surface area contributed by atoms with E-state index in [2.05, 4.69) is 6.58 Å². The van der Waals surface area contributed by atoms with Crippen LogP contribution in [-0.2, 0) is 20.8 Å². The molecule has 2 aromatic carbocycles. The largest absolute Gasteiger partial charge is 0.478 e. The molecule has 0 aliphatic carbocycles. The van der Waals surface area contributed by atoms with Crippen LogP contribution in [0.5, 0.6) is 0 Å². The molecule has 0 amide bonds. The summed E-state index contributed by atoms with van der Waals surface area (Å²) in [5, 5.41) is 29.2. The van der Waals surface area contributed by atoms with Gasteiger partial charge in [0, 0.05) is 28.1 Å². The van der Waals surface area contributed by atoms with Crippen LogP contribution in [0.4, 0.5) is 0 Å². The number of aryl methyl sites for hydroxylation is 1. The highest BCUT2D eigenvalue weighted by atomic mass is 16.4. The van der Waals surface area contributed by atoms with Crippen molar-refractivity contribution in [2.75, 3.05) is 0 Å². The Labute approximate surface area is 205 Å². The van der Waals surface area contributed by atoms with Gasteiger partial charge in [-0.3, -0.25) is 0 Å². The zero-order valence-electron chi connectivity index (χ0n) is 19.8. The van der Waals surface area contributed by atoms with Crippen molar-refractivity contribution in [1.29, 1.82) is 0 Å². The molecule has 182 valence electrons. The van der Waals surface area contributed by atoms with Crippen molar-refractivity contribution in [3.05, 3.63) is 113 Å². The number of rotatable bonds is 12. The van der Waals surface area contributed by atoms with Crippen LogP contribution in [0.25, 0.3) is 6.08 Å². The number of carboxylic acids is 3. The molecule has 0 spiro atoms. The summed E-state index contributed by atoms with van der Waals surface area (Å²) in [5.41, 5.74) is 0.150. The molecule has 0 bridgehead atoms. The van der Waals surface area contributed by atoms with E-state index in [4.69, 9.17) is 0 Å². The molecule has 0 fully saturated rings. The Morgan fingerprint density at radius 2 is 1.49 bits per heavy atom. The van der Waals surface area contributed by atoms with Gasteiger partial charge in [-0.25, -0.2) is 14.4 Å². The van der Waals surface area contributed by atoms with Crippen molar-refractivity contribution in [2.24, 2.45) is 11.3 Å². The van der Waals surface area contributed by atoms with Crippen LogP contribution in [0.15, 0.2) is 102 Å². The monoisotopic (exact) mass is 474 g/mol. The third kappa shape index (κ3) is 7.96. The van der Waals surface area contributed by atoms with Gasteiger partial charge in [0.1, 0.15) is 0 Å². The van der Waals surface area contributed by atoms with Gasteiger partial charge in [-0.05, 0) is 37.8 Å². The lowest BCUT2D eigenvalue weighted by atomic mass is 9.77. The molecule has 2 aromatic rings. The molecule has 2 atom stereocenters. The Morgan fingerprint density at radius 1 is 0.914 bits per heavy atom. The Morgan fingerprint density at radius 3 is 2.00 bits per heavy atom. The van der Waals surface area contributed by atoms with Gasteiger partial charge in [0.15, 0.2) is 0 Å². The fourth-order valence-electron chi connectivity index (χ4n) is 3.73. The van der Waals surface area contributed by atoms with E-state index in [9.17, 15) is 29.7 Å². The Hall–Kier alpha value is -4.19. The lowest BCUT2D eigenvalue weighted by molar-refractivity contribution is -0.134. The smallest absolute Gasteiger partial charge is 0.332 e. The average Bonchev–Trinajstić information content (AvgIpc) is 2.83. The van der Waals surface area contributed by atoms with Crippen molar-refractivity contribution in [3.63, 3.8) is 0 Å². The fourth-order valence-corrected chi connectivity index (χ4v) is 3.73. The van der Waals surface area contributed by atoms with E-state index in [1.165, 1.54) is 19.1 Å². The second-order valence-electron chi connectivity index (χ2n) is 8.51. The van der Waals surface area contributed by atoms with Gasteiger partial charge in [0.05, 0.1) is 0 Å². The van der Waals surface area contributed by atoms with E-state index in [1.807, 2.05) is 60.7 Å². The molecule has 35 heavy (non-hydrogen) atoms. The lowest BCUT2D eigenvalue weighted by Gasteiger charge is -2.26. The number of allylic oxidation sites excluding steroid dienone is 3. The molecule has 2 unspecified atom stereocenters. The summed E-state index contributed by atoms with van der Waals surface area (Å²) < 4.78 is 0. The number of hydrogen-bond donors (Lipinski definition) is 3. The van der Waals surface area contributed by atoms with Crippen LogP contribution in [0.1, 0.15) is 31.4 Å². The minimum atomic E-state index is -1.34. The molecule has 6 heteroatoms. The van der Waals surface area contributed by atoms with Crippen LogP contribution in [0, 0.1) is 11.3 Å². The van der Waals surface area contributed by atoms with Crippen molar-refractivity contribution < 1.29 is 29.7 Å². The summed E-state index contributed by atoms with van der Waals surface area (Å²) in [6.45, 7) is 6.66. The Kier molecular flexibility index (Phi) is 9.53. The summed E-state index contributed by atoms with van der Waals surface area (Å²) in [5.74, 6) is -4.45. The quantitative estimate of drug-likeness (QED) is 0.343. The molecule has 0 radical (unpaired) electrons. The van der Waals surface area contributed by atoms with Gasteiger partial charge < -0.3 is 15.3 Å².